The van der Waals surface area contributed by atoms with Crippen molar-refractivity contribution >= 4 is 0 Å². The number of likely N-dealkylation sites (tertiary alicyclic amines) is 1. The molecular weight excluding hydrogens is 246 g/mol. The zero-order valence-corrected chi connectivity index (χ0v) is 14.3. The fourth-order valence-corrected chi connectivity index (χ4v) is 3.81. The number of rotatable bonds is 6. The molecule has 1 N–H and O–H groups in total. The molecule has 0 aromatic heterocycles. The lowest BCUT2D eigenvalue weighted by atomic mass is 9.86. The predicted octanol–water partition coefficient (Wildman–Crippen LogP) is 2.57. The van der Waals surface area contributed by atoms with Gasteiger partial charge in [0.05, 0.1) is 0 Å². The summed E-state index contributed by atoms with van der Waals surface area (Å²) < 4.78 is 0. The second-order valence-electron chi connectivity index (χ2n) is 7.77. The molecule has 3 heteroatoms. The Bertz CT molecular complexity index is 305. The monoisotopic (exact) mass is 281 g/mol. The minimum absolute atomic E-state index is 0.409. The van der Waals surface area contributed by atoms with Gasteiger partial charge in [-0.2, -0.15) is 0 Å². The molecule has 2 fully saturated rings. The molecule has 2 saturated heterocycles. The van der Waals surface area contributed by atoms with Gasteiger partial charge >= 0.3 is 0 Å². The van der Waals surface area contributed by atoms with Crippen molar-refractivity contribution in [3.63, 3.8) is 0 Å². The number of hydrogen-bond acceptors (Lipinski definition) is 3. The van der Waals surface area contributed by atoms with Gasteiger partial charge in [0.25, 0.3) is 0 Å². The SMILES string of the molecule is CCC(C)(CNC(C)C)CN1CCC2CCC(C1)N2C. The number of hydrogen-bond donors (Lipinski definition) is 1. The number of nitrogens with one attached hydrogen (secondary N) is 1. The zero-order chi connectivity index (χ0) is 14.8. The summed E-state index contributed by atoms with van der Waals surface area (Å²) in [6.07, 6.45) is 5.46. The van der Waals surface area contributed by atoms with E-state index in [1.54, 1.807) is 0 Å². The Kier molecular flexibility index (Phi) is 5.49. The summed E-state index contributed by atoms with van der Waals surface area (Å²) in [4.78, 5) is 5.39. The third kappa shape index (κ3) is 3.96. The van der Waals surface area contributed by atoms with Crippen LogP contribution >= 0.6 is 0 Å². The Labute approximate surface area is 126 Å². The maximum atomic E-state index is 3.65. The van der Waals surface area contributed by atoms with Crippen LogP contribution in [0.3, 0.4) is 0 Å². The molecule has 0 aromatic rings. The van der Waals surface area contributed by atoms with Crippen molar-refractivity contribution in [3.05, 3.63) is 0 Å². The largest absolute Gasteiger partial charge is 0.314 e. The van der Waals surface area contributed by atoms with Crippen molar-refractivity contribution in [1.82, 2.24) is 15.1 Å². The van der Waals surface area contributed by atoms with E-state index in [0.29, 0.717) is 11.5 Å². The first kappa shape index (κ1) is 16.3. The maximum Gasteiger partial charge on any atom is 0.0223 e. The fourth-order valence-electron chi connectivity index (χ4n) is 3.81. The summed E-state index contributed by atoms with van der Waals surface area (Å²) in [5, 5.41) is 3.65. The van der Waals surface area contributed by atoms with Crippen molar-refractivity contribution < 1.29 is 0 Å². The Hall–Kier alpha value is -0.120. The van der Waals surface area contributed by atoms with E-state index >= 15 is 0 Å². The summed E-state index contributed by atoms with van der Waals surface area (Å²) in [6, 6.07) is 2.25. The normalized spacial score (nSPS) is 31.5. The Balaban J connectivity index is 1.90. The van der Waals surface area contributed by atoms with Crippen molar-refractivity contribution in [2.45, 2.75) is 71.5 Å². The number of nitrogens with zero attached hydrogens (tertiary/aromatic N) is 2. The number of likely N-dealkylation sites (N-methyl/N-ethyl adjacent to an activating group) is 1. The van der Waals surface area contributed by atoms with E-state index in [9.17, 15) is 0 Å². The van der Waals surface area contributed by atoms with Crippen molar-refractivity contribution in [3.8, 4) is 0 Å². The van der Waals surface area contributed by atoms with Gasteiger partial charge in [0.15, 0.2) is 0 Å². The van der Waals surface area contributed by atoms with Gasteiger partial charge in [-0.15, -0.1) is 0 Å². The van der Waals surface area contributed by atoms with E-state index in [1.165, 1.54) is 45.3 Å². The highest BCUT2D eigenvalue weighted by Gasteiger charge is 2.36. The van der Waals surface area contributed by atoms with E-state index in [0.717, 1.165) is 18.6 Å². The minimum atomic E-state index is 0.409. The quantitative estimate of drug-likeness (QED) is 0.807. The van der Waals surface area contributed by atoms with Gasteiger partial charge in [-0.1, -0.05) is 27.7 Å². The molecule has 3 unspecified atom stereocenters. The van der Waals surface area contributed by atoms with E-state index in [-0.39, 0.29) is 0 Å². The smallest absolute Gasteiger partial charge is 0.0223 e. The molecule has 2 rings (SSSR count). The van der Waals surface area contributed by atoms with Gasteiger partial charge in [-0.25, -0.2) is 0 Å². The Morgan fingerprint density at radius 2 is 1.90 bits per heavy atom. The highest BCUT2D eigenvalue weighted by Crippen LogP contribution is 2.30. The topological polar surface area (TPSA) is 18.5 Å². The van der Waals surface area contributed by atoms with Crippen LogP contribution < -0.4 is 5.32 Å². The molecule has 0 saturated carbocycles. The molecule has 118 valence electrons. The lowest BCUT2D eigenvalue weighted by Gasteiger charge is -2.36. The lowest BCUT2D eigenvalue weighted by Crippen LogP contribution is -2.46. The standard InChI is InChI=1S/C17H35N3/c1-6-17(4,12-18-14(2)3)13-20-10-9-15-7-8-16(11-20)19(15)5/h14-16,18H,6-13H2,1-5H3. The highest BCUT2D eigenvalue weighted by molar-refractivity contribution is 4.92. The lowest BCUT2D eigenvalue weighted by molar-refractivity contribution is 0.140. The van der Waals surface area contributed by atoms with Crippen LogP contribution in [0.5, 0.6) is 0 Å². The summed E-state index contributed by atoms with van der Waals surface area (Å²) >= 11 is 0. The summed E-state index contributed by atoms with van der Waals surface area (Å²) in [5.41, 5.74) is 0.409. The van der Waals surface area contributed by atoms with Crippen LogP contribution in [-0.2, 0) is 0 Å². The second-order valence-corrected chi connectivity index (χ2v) is 7.77. The third-order valence-corrected chi connectivity index (χ3v) is 5.63. The van der Waals surface area contributed by atoms with Crippen molar-refractivity contribution in [1.29, 1.82) is 0 Å². The minimum Gasteiger partial charge on any atom is -0.314 e. The molecule has 3 nitrogen and oxygen atoms in total. The number of fused-ring (bicyclic) bond motifs is 2. The van der Waals surface area contributed by atoms with E-state index < -0.39 is 0 Å². The van der Waals surface area contributed by atoms with E-state index in [2.05, 4.69) is 49.9 Å². The van der Waals surface area contributed by atoms with Crippen molar-refractivity contribution in [2.75, 3.05) is 33.2 Å². The first-order valence-corrected chi connectivity index (χ1v) is 8.61. The summed E-state index contributed by atoms with van der Waals surface area (Å²) in [7, 11) is 2.34. The van der Waals surface area contributed by atoms with Crippen LogP contribution in [0.4, 0.5) is 0 Å². The molecule has 2 heterocycles. The fraction of sp³-hybridized carbons (Fsp3) is 1.00. The molecule has 2 aliphatic heterocycles. The van der Waals surface area contributed by atoms with Crippen LogP contribution in [0, 0.1) is 5.41 Å². The van der Waals surface area contributed by atoms with Gasteiger partial charge in [0.1, 0.15) is 0 Å². The molecule has 0 aromatic carbocycles. The second kappa shape index (κ2) is 6.76. The van der Waals surface area contributed by atoms with Gasteiger partial charge < -0.3 is 10.2 Å². The van der Waals surface area contributed by atoms with Crippen LogP contribution in [0.15, 0.2) is 0 Å². The molecule has 20 heavy (non-hydrogen) atoms. The van der Waals surface area contributed by atoms with Crippen LogP contribution in [0.1, 0.15) is 53.4 Å². The molecular formula is C17H35N3. The van der Waals surface area contributed by atoms with E-state index in [1.807, 2.05) is 0 Å². The average molecular weight is 281 g/mol. The molecule has 3 atom stereocenters. The molecule has 2 bridgehead atoms. The van der Waals surface area contributed by atoms with Crippen LogP contribution in [0.25, 0.3) is 0 Å². The average Bonchev–Trinajstić information content (AvgIpc) is 2.65. The van der Waals surface area contributed by atoms with Crippen LogP contribution in [0.2, 0.25) is 0 Å². The third-order valence-electron chi connectivity index (χ3n) is 5.63. The predicted molar refractivity (Wildman–Crippen MR) is 87.2 cm³/mol. The highest BCUT2D eigenvalue weighted by atomic mass is 15.3. The molecule has 2 aliphatic rings. The van der Waals surface area contributed by atoms with Gasteiger partial charge in [-0.3, -0.25) is 4.90 Å². The molecule has 0 spiro atoms. The Morgan fingerprint density at radius 1 is 1.20 bits per heavy atom. The maximum absolute atomic E-state index is 3.65. The van der Waals surface area contributed by atoms with Crippen LogP contribution in [-0.4, -0.2) is 61.2 Å². The summed E-state index contributed by atoms with van der Waals surface area (Å²) in [6.45, 7) is 14.3. The molecule has 0 aliphatic carbocycles. The summed E-state index contributed by atoms with van der Waals surface area (Å²) in [5.74, 6) is 0. The molecule has 0 amide bonds. The van der Waals surface area contributed by atoms with Gasteiger partial charge in [-0.05, 0) is 44.7 Å². The van der Waals surface area contributed by atoms with Gasteiger partial charge in [0.2, 0.25) is 0 Å². The first-order valence-electron chi connectivity index (χ1n) is 8.61. The first-order chi connectivity index (χ1) is 9.43. The Morgan fingerprint density at radius 3 is 2.55 bits per heavy atom. The molecule has 0 radical (unpaired) electrons. The van der Waals surface area contributed by atoms with Crippen molar-refractivity contribution in [2.24, 2.45) is 5.41 Å². The van der Waals surface area contributed by atoms with E-state index in [4.69, 9.17) is 0 Å². The zero-order valence-electron chi connectivity index (χ0n) is 14.3. The van der Waals surface area contributed by atoms with Gasteiger partial charge in [0, 0.05) is 37.8 Å².